The molecule has 0 N–H and O–H groups in total. The van der Waals surface area contributed by atoms with Crippen molar-refractivity contribution >= 4 is 5.91 Å². The van der Waals surface area contributed by atoms with E-state index in [9.17, 15) is 4.79 Å². The first-order chi connectivity index (χ1) is 7.47. The Hall–Kier alpha value is -0.570. The van der Waals surface area contributed by atoms with Gasteiger partial charge in [-0.15, -0.1) is 0 Å². The van der Waals surface area contributed by atoms with E-state index < -0.39 is 0 Å². The number of carbonyl (C=O) groups excluding carboxylic acids is 1. The lowest BCUT2D eigenvalue weighted by Gasteiger charge is -2.25. The smallest absolute Gasteiger partial charge is 0.228 e. The number of hydrogen-bond donors (Lipinski definition) is 0. The van der Waals surface area contributed by atoms with E-state index in [0.29, 0.717) is 0 Å². The number of nitrogens with zero attached hydrogens (tertiary/aromatic N) is 1. The number of hydrogen-bond acceptors (Lipinski definition) is 2. The van der Waals surface area contributed by atoms with E-state index in [2.05, 4.69) is 0 Å². The number of rotatable bonds is 3. The van der Waals surface area contributed by atoms with E-state index in [1.807, 2.05) is 25.7 Å². The Balaban J connectivity index is 1.75. The lowest BCUT2D eigenvalue weighted by atomic mass is 9.95. The fourth-order valence-electron chi connectivity index (χ4n) is 2.08. The largest absolute Gasteiger partial charge is 0.376 e. The minimum atomic E-state index is -0.259. The van der Waals surface area contributed by atoms with Crippen LogP contribution in [0.5, 0.6) is 0 Å². The number of likely N-dealkylation sites (tertiary alicyclic amines) is 1. The first-order valence-corrected chi connectivity index (χ1v) is 6.38. The summed E-state index contributed by atoms with van der Waals surface area (Å²) in [6.45, 7) is 8.51. The van der Waals surface area contributed by atoms with Crippen LogP contribution in [0.15, 0.2) is 0 Å². The molecule has 2 aliphatic rings. The molecule has 3 heteroatoms. The summed E-state index contributed by atoms with van der Waals surface area (Å²) >= 11 is 0. The van der Waals surface area contributed by atoms with Crippen molar-refractivity contribution in [3.05, 3.63) is 0 Å². The van der Waals surface area contributed by atoms with Gasteiger partial charge in [0.25, 0.3) is 0 Å². The number of amides is 1. The molecule has 0 aromatic heterocycles. The predicted octanol–water partition coefficient (Wildman–Crippen LogP) is 2.06. The molecule has 2 rings (SSSR count). The third-order valence-electron chi connectivity index (χ3n) is 3.34. The average Bonchev–Trinajstić information content (AvgIpc) is 2.91. The Labute approximate surface area is 98.1 Å². The maximum Gasteiger partial charge on any atom is 0.228 e. The van der Waals surface area contributed by atoms with Crippen molar-refractivity contribution in [3.8, 4) is 0 Å². The van der Waals surface area contributed by atoms with Crippen molar-refractivity contribution in [2.75, 3.05) is 19.7 Å². The molecule has 1 aliphatic carbocycles. The average molecular weight is 225 g/mol. The molecule has 2 fully saturated rings. The van der Waals surface area contributed by atoms with Crippen LogP contribution in [0.1, 0.15) is 40.0 Å². The molecule has 3 nitrogen and oxygen atoms in total. The summed E-state index contributed by atoms with van der Waals surface area (Å²) in [5.41, 5.74) is -0.259. The van der Waals surface area contributed by atoms with Crippen molar-refractivity contribution < 1.29 is 9.53 Å². The molecule has 16 heavy (non-hydrogen) atoms. The Morgan fingerprint density at radius 3 is 2.56 bits per heavy atom. The summed E-state index contributed by atoms with van der Waals surface area (Å²) < 4.78 is 5.83. The molecule has 1 saturated carbocycles. The minimum Gasteiger partial charge on any atom is -0.376 e. The zero-order valence-electron chi connectivity index (χ0n) is 10.7. The van der Waals surface area contributed by atoms with Gasteiger partial charge < -0.3 is 9.64 Å². The van der Waals surface area contributed by atoms with E-state index in [-0.39, 0.29) is 17.4 Å². The van der Waals surface area contributed by atoms with E-state index in [1.54, 1.807) is 0 Å². The minimum absolute atomic E-state index is 0.255. The summed E-state index contributed by atoms with van der Waals surface area (Å²) in [4.78, 5) is 14.0. The van der Waals surface area contributed by atoms with E-state index >= 15 is 0 Å². The van der Waals surface area contributed by atoms with Crippen LogP contribution in [0.4, 0.5) is 0 Å². The molecule has 1 unspecified atom stereocenters. The zero-order chi connectivity index (χ0) is 11.8. The van der Waals surface area contributed by atoms with Crippen LogP contribution in [-0.4, -0.2) is 36.6 Å². The molecule has 0 bridgehead atoms. The van der Waals surface area contributed by atoms with E-state index in [0.717, 1.165) is 32.0 Å². The number of ether oxygens (including phenoxy) is 1. The Bertz CT molecular complexity index is 266. The van der Waals surface area contributed by atoms with Crippen molar-refractivity contribution in [2.24, 2.45) is 11.3 Å². The quantitative estimate of drug-likeness (QED) is 0.736. The van der Waals surface area contributed by atoms with E-state index in [1.165, 1.54) is 12.8 Å². The van der Waals surface area contributed by atoms with Gasteiger partial charge >= 0.3 is 0 Å². The first kappa shape index (κ1) is 11.9. The van der Waals surface area contributed by atoms with Gasteiger partial charge in [0.2, 0.25) is 5.91 Å². The maximum atomic E-state index is 12.0. The van der Waals surface area contributed by atoms with Crippen molar-refractivity contribution in [2.45, 2.75) is 46.1 Å². The highest BCUT2D eigenvalue weighted by molar-refractivity contribution is 5.81. The molecule has 0 spiro atoms. The third kappa shape index (κ3) is 2.97. The molecular weight excluding hydrogens is 202 g/mol. The second-order valence-electron chi connectivity index (χ2n) is 6.19. The Kier molecular flexibility index (Phi) is 3.24. The van der Waals surface area contributed by atoms with Crippen molar-refractivity contribution in [3.63, 3.8) is 0 Å². The van der Waals surface area contributed by atoms with Gasteiger partial charge in [0.05, 0.1) is 6.10 Å². The van der Waals surface area contributed by atoms with Gasteiger partial charge in [-0.05, 0) is 25.2 Å². The van der Waals surface area contributed by atoms with Crippen LogP contribution in [0.2, 0.25) is 0 Å². The highest BCUT2D eigenvalue weighted by Crippen LogP contribution is 2.30. The summed E-state index contributed by atoms with van der Waals surface area (Å²) in [5, 5.41) is 0. The molecule has 92 valence electrons. The summed E-state index contributed by atoms with van der Waals surface area (Å²) in [6, 6.07) is 0. The van der Waals surface area contributed by atoms with Gasteiger partial charge in [-0.3, -0.25) is 4.79 Å². The normalized spacial score (nSPS) is 26.2. The van der Waals surface area contributed by atoms with Crippen molar-refractivity contribution in [1.29, 1.82) is 0 Å². The molecule has 1 heterocycles. The third-order valence-corrected chi connectivity index (χ3v) is 3.34. The molecule has 1 aliphatic heterocycles. The molecule has 0 aromatic rings. The first-order valence-electron chi connectivity index (χ1n) is 6.38. The molecular formula is C13H23NO2. The fourth-order valence-corrected chi connectivity index (χ4v) is 2.08. The molecule has 1 atom stereocenters. The van der Waals surface area contributed by atoms with Gasteiger partial charge in [0, 0.05) is 25.1 Å². The van der Waals surface area contributed by atoms with Crippen LogP contribution in [0.25, 0.3) is 0 Å². The summed E-state index contributed by atoms with van der Waals surface area (Å²) in [5.74, 6) is 1.07. The zero-order valence-corrected chi connectivity index (χ0v) is 10.7. The van der Waals surface area contributed by atoms with Gasteiger partial charge in [0.15, 0.2) is 0 Å². The topological polar surface area (TPSA) is 29.5 Å². The monoisotopic (exact) mass is 225 g/mol. The van der Waals surface area contributed by atoms with Crippen LogP contribution < -0.4 is 0 Å². The van der Waals surface area contributed by atoms with Crippen LogP contribution >= 0.6 is 0 Å². The Morgan fingerprint density at radius 2 is 2.00 bits per heavy atom. The number of carbonyl (C=O) groups is 1. The van der Waals surface area contributed by atoms with Gasteiger partial charge in [0.1, 0.15) is 0 Å². The Morgan fingerprint density at radius 1 is 1.31 bits per heavy atom. The second-order valence-corrected chi connectivity index (χ2v) is 6.19. The highest BCUT2D eigenvalue weighted by Gasteiger charge is 2.33. The summed E-state index contributed by atoms with van der Waals surface area (Å²) in [7, 11) is 0. The lowest BCUT2D eigenvalue weighted by Crippen LogP contribution is -2.38. The molecule has 1 saturated heterocycles. The van der Waals surface area contributed by atoms with Crippen molar-refractivity contribution in [1.82, 2.24) is 4.90 Å². The fraction of sp³-hybridized carbons (Fsp3) is 0.923. The lowest BCUT2D eigenvalue weighted by molar-refractivity contribution is -0.138. The predicted molar refractivity (Wildman–Crippen MR) is 63.1 cm³/mol. The SMILES string of the molecule is CC(C)(C)C(=O)N1CCC(OCC2CC2)C1. The highest BCUT2D eigenvalue weighted by atomic mass is 16.5. The van der Waals surface area contributed by atoms with Crippen LogP contribution in [0.3, 0.4) is 0 Å². The molecule has 0 radical (unpaired) electrons. The van der Waals surface area contributed by atoms with Crippen LogP contribution in [0, 0.1) is 11.3 Å². The van der Waals surface area contributed by atoms with Crippen LogP contribution in [-0.2, 0) is 9.53 Å². The van der Waals surface area contributed by atoms with Gasteiger partial charge in [-0.25, -0.2) is 0 Å². The van der Waals surface area contributed by atoms with E-state index in [4.69, 9.17) is 4.74 Å². The maximum absolute atomic E-state index is 12.0. The van der Waals surface area contributed by atoms with Gasteiger partial charge in [-0.1, -0.05) is 20.8 Å². The summed E-state index contributed by atoms with van der Waals surface area (Å²) in [6.07, 6.45) is 3.95. The molecule has 0 aromatic carbocycles. The molecule has 1 amide bonds. The van der Waals surface area contributed by atoms with Gasteiger partial charge in [-0.2, -0.15) is 0 Å². The second kappa shape index (κ2) is 4.36. The standard InChI is InChI=1S/C13H23NO2/c1-13(2,3)12(15)14-7-6-11(8-14)16-9-10-4-5-10/h10-11H,4-9H2,1-3H3.